The molecule has 1 aliphatic heterocycles. The van der Waals surface area contributed by atoms with E-state index in [-0.39, 0.29) is 0 Å². The molecule has 1 aromatic heterocycles. The topological polar surface area (TPSA) is 15.3 Å². The number of fused-ring (bicyclic) bond motifs is 1. The minimum atomic E-state index is 0.468. The molecular weight excluding hydrogens is 276 g/mol. The Bertz CT molecular complexity index is 435. The summed E-state index contributed by atoms with van der Waals surface area (Å²) in [6, 6.07) is 3.93. The van der Waals surface area contributed by atoms with Crippen LogP contribution in [0, 0.1) is 0 Å². The highest BCUT2D eigenvalue weighted by molar-refractivity contribution is 7.16. The molecule has 1 fully saturated rings. The Hall–Kier alpha value is -0.0900. The Labute approximate surface area is 125 Å². The van der Waals surface area contributed by atoms with Gasteiger partial charge in [0.1, 0.15) is 0 Å². The standard InChI is InChI=1S/C15H23ClN2S/c1-10-5-3-6-11(2)18(10)17-13-7-4-8-14-12(13)9-15(16)19-14/h9-11,13,17H,3-8H2,1-2H3. The largest absolute Gasteiger partial charge is 0.247 e. The van der Waals surface area contributed by atoms with Crippen molar-refractivity contribution in [1.29, 1.82) is 0 Å². The van der Waals surface area contributed by atoms with Gasteiger partial charge in [0.25, 0.3) is 0 Å². The second kappa shape index (κ2) is 5.72. The van der Waals surface area contributed by atoms with Crippen molar-refractivity contribution in [2.45, 2.75) is 70.5 Å². The van der Waals surface area contributed by atoms with Gasteiger partial charge in [0.15, 0.2) is 0 Å². The lowest BCUT2D eigenvalue weighted by Gasteiger charge is -2.42. The predicted octanol–water partition coefficient (Wildman–Crippen LogP) is 4.55. The Morgan fingerprint density at radius 3 is 2.68 bits per heavy atom. The van der Waals surface area contributed by atoms with Gasteiger partial charge < -0.3 is 0 Å². The molecule has 0 bridgehead atoms. The fraction of sp³-hybridized carbons (Fsp3) is 0.733. The van der Waals surface area contributed by atoms with Crippen LogP contribution >= 0.6 is 22.9 Å². The maximum atomic E-state index is 6.19. The average molecular weight is 299 g/mol. The maximum absolute atomic E-state index is 6.19. The molecule has 2 nitrogen and oxygen atoms in total. The zero-order valence-corrected chi connectivity index (χ0v) is 13.4. The van der Waals surface area contributed by atoms with Crippen molar-refractivity contribution in [3.05, 3.63) is 20.8 Å². The zero-order valence-electron chi connectivity index (χ0n) is 11.8. The summed E-state index contributed by atoms with van der Waals surface area (Å²) in [4.78, 5) is 1.49. The van der Waals surface area contributed by atoms with Crippen LogP contribution in [0.3, 0.4) is 0 Å². The van der Waals surface area contributed by atoms with E-state index in [2.05, 4.69) is 30.3 Å². The van der Waals surface area contributed by atoms with Gasteiger partial charge in [0, 0.05) is 23.0 Å². The van der Waals surface area contributed by atoms with Crippen molar-refractivity contribution in [1.82, 2.24) is 10.4 Å². The highest BCUT2D eigenvalue weighted by Gasteiger charge is 2.30. The summed E-state index contributed by atoms with van der Waals surface area (Å²) in [6.07, 6.45) is 7.69. The second-order valence-corrected chi connectivity index (χ2v) is 7.81. The molecule has 106 valence electrons. The molecule has 3 unspecified atom stereocenters. The first kappa shape index (κ1) is 13.9. The van der Waals surface area contributed by atoms with Crippen molar-refractivity contribution < 1.29 is 0 Å². The molecule has 1 saturated heterocycles. The van der Waals surface area contributed by atoms with Crippen molar-refractivity contribution in [3.8, 4) is 0 Å². The van der Waals surface area contributed by atoms with Crippen molar-refractivity contribution in [2.75, 3.05) is 0 Å². The minimum absolute atomic E-state index is 0.468. The third-order valence-electron chi connectivity index (χ3n) is 4.58. The van der Waals surface area contributed by atoms with Crippen LogP contribution in [-0.2, 0) is 6.42 Å². The molecule has 2 aliphatic rings. The number of aryl methyl sites for hydroxylation is 1. The Balaban J connectivity index is 1.76. The second-order valence-electron chi connectivity index (χ2n) is 6.04. The lowest BCUT2D eigenvalue weighted by atomic mass is 9.94. The summed E-state index contributed by atoms with van der Waals surface area (Å²) < 4.78 is 0.943. The van der Waals surface area contributed by atoms with Crippen LogP contribution in [0.25, 0.3) is 0 Å². The van der Waals surface area contributed by atoms with Gasteiger partial charge >= 0.3 is 0 Å². The van der Waals surface area contributed by atoms with Gasteiger partial charge in [-0.2, -0.15) is 0 Å². The first-order valence-electron chi connectivity index (χ1n) is 7.47. The van der Waals surface area contributed by atoms with Crippen LogP contribution in [0.4, 0.5) is 0 Å². The van der Waals surface area contributed by atoms with Crippen molar-refractivity contribution in [3.63, 3.8) is 0 Å². The normalized spacial score (nSPS) is 32.3. The van der Waals surface area contributed by atoms with Gasteiger partial charge in [-0.25, -0.2) is 10.4 Å². The summed E-state index contributed by atoms with van der Waals surface area (Å²) >= 11 is 7.96. The molecule has 0 saturated carbocycles. The number of nitrogens with zero attached hydrogens (tertiary/aromatic N) is 1. The van der Waals surface area contributed by atoms with Crippen molar-refractivity contribution in [2.24, 2.45) is 0 Å². The number of piperidine rings is 1. The van der Waals surface area contributed by atoms with Gasteiger partial charge in [0.05, 0.1) is 4.34 Å². The number of hydrazine groups is 1. The number of hydrogen-bond acceptors (Lipinski definition) is 3. The van der Waals surface area contributed by atoms with Crippen LogP contribution in [0.15, 0.2) is 6.07 Å². The van der Waals surface area contributed by atoms with Gasteiger partial charge in [-0.15, -0.1) is 11.3 Å². The molecule has 0 amide bonds. The molecule has 0 aromatic carbocycles. The van der Waals surface area contributed by atoms with Crippen molar-refractivity contribution >= 4 is 22.9 Å². The van der Waals surface area contributed by atoms with E-state index in [0.29, 0.717) is 18.1 Å². The third kappa shape index (κ3) is 2.85. The highest BCUT2D eigenvalue weighted by atomic mass is 35.5. The molecule has 3 rings (SSSR count). The summed E-state index contributed by atoms with van der Waals surface area (Å²) in [5.74, 6) is 0. The van der Waals surface area contributed by atoms with Crippen LogP contribution in [0.5, 0.6) is 0 Å². The van der Waals surface area contributed by atoms with E-state index in [1.165, 1.54) is 49.0 Å². The number of rotatable bonds is 2. The highest BCUT2D eigenvalue weighted by Crippen LogP contribution is 2.38. The SMILES string of the molecule is CC1CCCC(C)N1NC1CCCc2sc(Cl)cc21. The smallest absolute Gasteiger partial charge is 0.0934 e. The minimum Gasteiger partial charge on any atom is -0.247 e. The molecule has 0 spiro atoms. The maximum Gasteiger partial charge on any atom is 0.0934 e. The monoisotopic (exact) mass is 298 g/mol. The van der Waals surface area contributed by atoms with Crippen LogP contribution < -0.4 is 5.43 Å². The quantitative estimate of drug-likeness (QED) is 0.862. The molecule has 19 heavy (non-hydrogen) atoms. The third-order valence-corrected chi connectivity index (χ3v) is 5.92. The molecule has 1 aliphatic carbocycles. The van der Waals surface area contributed by atoms with E-state index in [9.17, 15) is 0 Å². The number of halogens is 1. The molecule has 0 radical (unpaired) electrons. The predicted molar refractivity (Wildman–Crippen MR) is 82.8 cm³/mol. The lowest BCUT2D eigenvalue weighted by molar-refractivity contribution is 0.0262. The molecule has 3 atom stereocenters. The van der Waals surface area contributed by atoms with E-state index >= 15 is 0 Å². The van der Waals surface area contributed by atoms with Gasteiger partial charge in [-0.1, -0.05) is 18.0 Å². The molecule has 2 heterocycles. The molecule has 1 aromatic rings. The first-order chi connectivity index (χ1) is 9.15. The van der Waals surface area contributed by atoms with E-state index < -0.39 is 0 Å². The number of thiophene rings is 1. The first-order valence-corrected chi connectivity index (χ1v) is 8.67. The number of hydrogen-bond donors (Lipinski definition) is 1. The van der Waals surface area contributed by atoms with E-state index in [1.54, 1.807) is 11.3 Å². The van der Waals surface area contributed by atoms with E-state index in [4.69, 9.17) is 11.6 Å². The van der Waals surface area contributed by atoms with Gasteiger partial charge in [-0.3, -0.25) is 0 Å². The number of nitrogens with one attached hydrogen (secondary N) is 1. The van der Waals surface area contributed by atoms with Gasteiger partial charge in [0.2, 0.25) is 0 Å². The average Bonchev–Trinajstić information content (AvgIpc) is 2.75. The fourth-order valence-electron chi connectivity index (χ4n) is 3.51. The summed E-state index contributed by atoms with van der Waals surface area (Å²) in [7, 11) is 0. The van der Waals surface area contributed by atoms with Crippen LogP contribution in [0.2, 0.25) is 4.34 Å². The summed E-state index contributed by atoms with van der Waals surface area (Å²) in [5.41, 5.74) is 5.26. The summed E-state index contributed by atoms with van der Waals surface area (Å²) in [5, 5.41) is 2.49. The van der Waals surface area contributed by atoms with E-state index in [0.717, 1.165) is 4.34 Å². The zero-order chi connectivity index (χ0) is 13.4. The summed E-state index contributed by atoms with van der Waals surface area (Å²) in [6.45, 7) is 4.68. The van der Waals surface area contributed by atoms with Crippen LogP contribution in [0.1, 0.15) is 62.4 Å². The Kier molecular flexibility index (Phi) is 4.18. The fourth-order valence-corrected chi connectivity index (χ4v) is 4.89. The van der Waals surface area contributed by atoms with Crippen LogP contribution in [-0.4, -0.2) is 17.1 Å². The lowest BCUT2D eigenvalue weighted by Crippen LogP contribution is -2.53. The molecular formula is C15H23ClN2S. The Morgan fingerprint density at radius 2 is 1.95 bits per heavy atom. The Morgan fingerprint density at radius 1 is 1.21 bits per heavy atom. The van der Waals surface area contributed by atoms with Gasteiger partial charge in [-0.05, 0) is 57.6 Å². The molecule has 4 heteroatoms. The van der Waals surface area contributed by atoms with E-state index in [1.807, 2.05) is 0 Å². The molecule has 1 N–H and O–H groups in total.